The summed E-state index contributed by atoms with van der Waals surface area (Å²) in [6, 6.07) is -1.04. The predicted octanol–water partition coefficient (Wildman–Crippen LogP) is -0.440. The topological polar surface area (TPSA) is 107 Å². The van der Waals surface area contributed by atoms with Gasteiger partial charge in [0.25, 0.3) is 0 Å². The minimum absolute atomic E-state index is 0.126. The van der Waals surface area contributed by atoms with Crippen molar-refractivity contribution in [3.05, 3.63) is 0 Å². The van der Waals surface area contributed by atoms with Gasteiger partial charge in [-0.25, -0.2) is 9.69 Å². The molecular formula is C16H24N4O5. The first-order valence-electron chi connectivity index (χ1n) is 8.41. The zero-order chi connectivity index (χ0) is 18.7. The SMILES string of the molecule is CNC(=O)CN(C)C(=O)CN1C(=O)C(=O)N([C@@H]2CCCC[C@@H]2C)C1=O. The zero-order valence-corrected chi connectivity index (χ0v) is 14.8. The second kappa shape index (κ2) is 7.62. The molecule has 0 aromatic heterocycles. The number of nitrogens with zero attached hydrogens (tertiary/aromatic N) is 3. The summed E-state index contributed by atoms with van der Waals surface area (Å²) >= 11 is 0. The molecule has 0 radical (unpaired) electrons. The van der Waals surface area contributed by atoms with Gasteiger partial charge in [-0.2, -0.15) is 0 Å². The normalized spacial score (nSPS) is 23.9. The summed E-state index contributed by atoms with van der Waals surface area (Å²) in [5.41, 5.74) is 0. The molecule has 0 bridgehead atoms. The Morgan fingerprint density at radius 3 is 2.40 bits per heavy atom. The first-order chi connectivity index (χ1) is 11.8. The summed E-state index contributed by atoms with van der Waals surface area (Å²) in [7, 11) is 2.83. The molecular weight excluding hydrogens is 328 g/mol. The van der Waals surface area contributed by atoms with Gasteiger partial charge in [-0.15, -0.1) is 0 Å². The standard InChI is InChI=1S/C16H24N4O5/c1-10-6-4-5-7-11(10)20-15(24)14(23)19(16(20)25)9-13(22)18(3)8-12(21)17-2/h10-11H,4-9H2,1-3H3,(H,17,21)/t10-,11+/m0/s1. The average Bonchev–Trinajstić information content (AvgIpc) is 2.79. The monoisotopic (exact) mass is 352 g/mol. The number of amides is 6. The van der Waals surface area contributed by atoms with Crippen LogP contribution >= 0.6 is 0 Å². The molecule has 1 heterocycles. The molecule has 1 aliphatic carbocycles. The molecule has 2 atom stereocenters. The number of hydrogen-bond acceptors (Lipinski definition) is 5. The second-order valence-corrected chi connectivity index (χ2v) is 6.60. The van der Waals surface area contributed by atoms with Crippen molar-refractivity contribution < 1.29 is 24.0 Å². The van der Waals surface area contributed by atoms with Crippen molar-refractivity contribution in [1.82, 2.24) is 20.0 Å². The summed E-state index contributed by atoms with van der Waals surface area (Å²) in [6.07, 6.45) is 3.50. The molecule has 1 aliphatic heterocycles. The second-order valence-electron chi connectivity index (χ2n) is 6.60. The van der Waals surface area contributed by atoms with Gasteiger partial charge in [0.15, 0.2) is 0 Å². The van der Waals surface area contributed by atoms with Crippen LogP contribution < -0.4 is 5.32 Å². The van der Waals surface area contributed by atoms with Gasteiger partial charge in [0.2, 0.25) is 11.8 Å². The van der Waals surface area contributed by atoms with Crippen LogP contribution in [0.4, 0.5) is 4.79 Å². The van der Waals surface area contributed by atoms with Crippen molar-refractivity contribution in [1.29, 1.82) is 0 Å². The molecule has 6 amide bonds. The quantitative estimate of drug-likeness (QED) is 0.533. The van der Waals surface area contributed by atoms with E-state index in [0.29, 0.717) is 11.3 Å². The van der Waals surface area contributed by atoms with Crippen LogP contribution in [0.15, 0.2) is 0 Å². The average molecular weight is 352 g/mol. The fourth-order valence-electron chi connectivity index (χ4n) is 3.27. The first kappa shape index (κ1) is 18.9. The molecule has 0 aromatic carbocycles. The van der Waals surface area contributed by atoms with Gasteiger partial charge in [-0.05, 0) is 18.8 Å². The van der Waals surface area contributed by atoms with Crippen LogP contribution in [-0.2, 0) is 19.2 Å². The molecule has 0 aromatic rings. The molecule has 0 unspecified atom stereocenters. The maximum atomic E-state index is 12.6. The van der Waals surface area contributed by atoms with Crippen molar-refractivity contribution in [3.8, 4) is 0 Å². The van der Waals surface area contributed by atoms with Crippen LogP contribution in [0.5, 0.6) is 0 Å². The maximum absolute atomic E-state index is 12.6. The third kappa shape index (κ3) is 3.80. The number of imide groups is 2. The Kier molecular flexibility index (Phi) is 5.76. The molecule has 1 saturated heterocycles. The van der Waals surface area contributed by atoms with Crippen LogP contribution in [0.3, 0.4) is 0 Å². The van der Waals surface area contributed by atoms with E-state index in [9.17, 15) is 24.0 Å². The largest absolute Gasteiger partial charge is 0.358 e. The minimum atomic E-state index is -0.982. The highest BCUT2D eigenvalue weighted by Crippen LogP contribution is 2.31. The van der Waals surface area contributed by atoms with Gasteiger partial charge in [0.05, 0.1) is 6.54 Å². The Hall–Kier alpha value is -2.45. The molecule has 25 heavy (non-hydrogen) atoms. The highest BCUT2D eigenvalue weighted by Gasteiger charge is 2.49. The first-order valence-corrected chi connectivity index (χ1v) is 8.41. The number of rotatable bonds is 5. The number of nitrogens with one attached hydrogen (secondary N) is 1. The molecule has 1 N–H and O–H groups in total. The van der Waals surface area contributed by atoms with Crippen molar-refractivity contribution >= 4 is 29.7 Å². The summed E-state index contributed by atoms with van der Waals surface area (Å²) < 4.78 is 0. The number of hydrogen-bond donors (Lipinski definition) is 1. The third-order valence-electron chi connectivity index (χ3n) is 4.86. The highest BCUT2D eigenvalue weighted by atomic mass is 16.2. The molecule has 2 rings (SSSR count). The molecule has 2 aliphatic rings. The Morgan fingerprint density at radius 1 is 1.16 bits per heavy atom. The van der Waals surface area contributed by atoms with Gasteiger partial charge < -0.3 is 10.2 Å². The number of likely N-dealkylation sites (N-methyl/N-ethyl adjacent to an activating group) is 2. The molecule has 9 nitrogen and oxygen atoms in total. The molecule has 1 saturated carbocycles. The van der Waals surface area contributed by atoms with E-state index in [1.165, 1.54) is 14.1 Å². The van der Waals surface area contributed by atoms with Crippen molar-refractivity contribution in [2.24, 2.45) is 5.92 Å². The van der Waals surface area contributed by atoms with E-state index in [4.69, 9.17) is 0 Å². The van der Waals surface area contributed by atoms with Gasteiger partial charge in [0.1, 0.15) is 6.54 Å². The smallest absolute Gasteiger partial charge is 0.334 e. The lowest BCUT2D eigenvalue weighted by Gasteiger charge is -2.34. The third-order valence-corrected chi connectivity index (χ3v) is 4.86. The molecule has 9 heteroatoms. The lowest BCUT2D eigenvalue weighted by molar-refractivity contribution is -0.146. The highest BCUT2D eigenvalue weighted by molar-refractivity contribution is 6.45. The van der Waals surface area contributed by atoms with Gasteiger partial charge in [-0.3, -0.25) is 24.1 Å². The summed E-state index contributed by atoms with van der Waals surface area (Å²) in [5.74, 6) is -2.68. The Morgan fingerprint density at radius 2 is 1.80 bits per heavy atom. The summed E-state index contributed by atoms with van der Waals surface area (Å²) in [6.45, 7) is 1.22. The van der Waals surface area contributed by atoms with E-state index in [1.807, 2.05) is 6.92 Å². The summed E-state index contributed by atoms with van der Waals surface area (Å²) in [5, 5.41) is 2.38. The van der Waals surface area contributed by atoms with Crippen LogP contribution in [0.2, 0.25) is 0 Å². The van der Waals surface area contributed by atoms with Crippen LogP contribution in [-0.4, -0.2) is 77.6 Å². The number of carbonyl (C=O) groups is 5. The van der Waals surface area contributed by atoms with E-state index in [0.717, 1.165) is 29.1 Å². The lowest BCUT2D eigenvalue weighted by atomic mass is 9.85. The van der Waals surface area contributed by atoms with E-state index >= 15 is 0 Å². The van der Waals surface area contributed by atoms with Crippen LogP contribution in [0.25, 0.3) is 0 Å². The maximum Gasteiger partial charge on any atom is 0.334 e. The van der Waals surface area contributed by atoms with Crippen molar-refractivity contribution in [2.45, 2.75) is 38.6 Å². The Labute approximate surface area is 146 Å². The van der Waals surface area contributed by atoms with Gasteiger partial charge in [0, 0.05) is 20.1 Å². The molecule has 0 spiro atoms. The molecule has 138 valence electrons. The minimum Gasteiger partial charge on any atom is -0.358 e. The Bertz CT molecular complexity index is 605. The van der Waals surface area contributed by atoms with Crippen LogP contribution in [0.1, 0.15) is 32.6 Å². The Balaban J connectivity index is 2.08. The van der Waals surface area contributed by atoms with E-state index in [1.54, 1.807) is 0 Å². The van der Waals surface area contributed by atoms with Gasteiger partial charge >= 0.3 is 17.8 Å². The van der Waals surface area contributed by atoms with E-state index < -0.39 is 30.3 Å². The molecule has 2 fully saturated rings. The van der Waals surface area contributed by atoms with E-state index in [-0.39, 0.29) is 24.4 Å². The zero-order valence-electron chi connectivity index (χ0n) is 14.8. The number of urea groups is 1. The lowest BCUT2D eigenvalue weighted by Crippen LogP contribution is -2.47. The van der Waals surface area contributed by atoms with Gasteiger partial charge in [-0.1, -0.05) is 19.8 Å². The van der Waals surface area contributed by atoms with Crippen molar-refractivity contribution in [2.75, 3.05) is 27.2 Å². The number of carbonyl (C=O) groups excluding carboxylic acids is 5. The fraction of sp³-hybridized carbons (Fsp3) is 0.688. The predicted molar refractivity (Wildman–Crippen MR) is 87.1 cm³/mol. The van der Waals surface area contributed by atoms with Crippen LogP contribution in [0, 0.1) is 5.92 Å². The van der Waals surface area contributed by atoms with E-state index in [2.05, 4.69) is 5.32 Å². The van der Waals surface area contributed by atoms with Crippen molar-refractivity contribution in [3.63, 3.8) is 0 Å². The summed E-state index contributed by atoms with van der Waals surface area (Å²) in [4.78, 5) is 63.3. The fourth-order valence-corrected chi connectivity index (χ4v) is 3.27.